The molecule has 0 aliphatic carbocycles. The molecule has 27 heavy (non-hydrogen) atoms. The van der Waals surface area contributed by atoms with Crippen LogP contribution in [0.25, 0.3) is 33.5 Å². The van der Waals surface area contributed by atoms with Gasteiger partial charge in [0.05, 0.1) is 17.4 Å². The molecule has 4 aromatic rings. The highest BCUT2D eigenvalue weighted by molar-refractivity contribution is 5.87. The molecule has 0 atom stereocenters. The summed E-state index contributed by atoms with van der Waals surface area (Å²) in [7, 11) is 0. The Morgan fingerprint density at radius 1 is 1.11 bits per heavy atom. The monoisotopic (exact) mass is 354 g/mol. The number of rotatable bonds is 4. The summed E-state index contributed by atoms with van der Waals surface area (Å²) in [6.45, 7) is 4.25. The first-order valence-corrected chi connectivity index (χ1v) is 8.85. The summed E-state index contributed by atoms with van der Waals surface area (Å²) < 4.78 is 5.95. The zero-order chi connectivity index (χ0) is 18.8. The molecule has 132 valence electrons. The van der Waals surface area contributed by atoms with Gasteiger partial charge in [-0.2, -0.15) is 5.26 Å². The number of nitrogens with zero attached hydrogens (tertiary/aromatic N) is 4. The largest absolute Gasteiger partial charge is 0.441 e. The number of pyridine rings is 2. The molecule has 5 nitrogen and oxygen atoms in total. The van der Waals surface area contributed by atoms with Crippen LogP contribution in [0.1, 0.15) is 25.4 Å². The standard InChI is InChI=1S/C22H18N4O/c1-14(2)10-21-25-13-20(27-21)18-8-7-17(12-23)26-22(18)16-6-5-15-4-3-9-24-19(15)11-16/h3-9,11,13-14H,10H2,1-2H3. The van der Waals surface area contributed by atoms with Gasteiger partial charge in [0, 0.05) is 29.1 Å². The molecule has 0 unspecified atom stereocenters. The van der Waals surface area contributed by atoms with E-state index in [2.05, 4.69) is 34.9 Å². The molecular weight excluding hydrogens is 336 g/mol. The number of oxazole rings is 1. The highest BCUT2D eigenvalue weighted by Crippen LogP contribution is 2.33. The van der Waals surface area contributed by atoms with Crippen molar-refractivity contribution in [2.24, 2.45) is 5.92 Å². The Bertz CT molecular complexity index is 1150. The van der Waals surface area contributed by atoms with Gasteiger partial charge in [-0.1, -0.05) is 32.0 Å². The van der Waals surface area contributed by atoms with Gasteiger partial charge in [-0.3, -0.25) is 4.98 Å². The van der Waals surface area contributed by atoms with Crippen molar-refractivity contribution in [3.63, 3.8) is 0 Å². The van der Waals surface area contributed by atoms with Crippen LogP contribution in [-0.2, 0) is 6.42 Å². The van der Waals surface area contributed by atoms with Gasteiger partial charge in [-0.15, -0.1) is 0 Å². The number of hydrogen-bond donors (Lipinski definition) is 0. The van der Waals surface area contributed by atoms with Crippen LogP contribution >= 0.6 is 0 Å². The van der Waals surface area contributed by atoms with Crippen LogP contribution in [0.15, 0.2) is 59.3 Å². The predicted octanol–water partition coefficient (Wildman–Crippen LogP) is 5.02. The Morgan fingerprint density at radius 2 is 2.00 bits per heavy atom. The second-order valence-electron chi connectivity index (χ2n) is 6.83. The zero-order valence-electron chi connectivity index (χ0n) is 15.2. The third-order valence-corrected chi connectivity index (χ3v) is 4.29. The molecule has 4 rings (SSSR count). The molecule has 5 heteroatoms. The van der Waals surface area contributed by atoms with Gasteiger partial charge in [0.1, 0.15) is 11.8 Å². The summed E-state index contributed by atoms with van der Waals surface area (Å²) in [5.74, 6) is 1.82. The zero-order valence-corrected chi connectivity index (χ0v) is 15.2. The third kappa shape index (κ3) is 3.42. The highest BCUT2D eigenvalue weighted by atomic mass is 16.4. The molecule has 3 aromatic heterocycles. The summed E-state index contributed by atoms with van der Waals surface area (Å²) in [5.41, 5.74) is 3.62. The van der Waals surface area contributed by atoms with E-state index in [1.165, 1.54) is 0 Å². The molecule has 0 fully saturated rings. The molecule has 0 bridgehead atoms. The lowest BCUT2D eigenvalue weighted by molar-refractivity contribution is 0.466. The minimum atomic E-state index is 0.358. The molecule has 3 heterocycles. The molecule has 1 aromatic carbocycles. The Kier molecular flexibility index (Phi) is 4.39. The maximum atomic E-state index is 9.28. The normalized spacial score (nSPS) is 11.0. The van der Waals surface area contributed by atoms with Crippen molar-refractivity contribution < 1.29 is 4.42 Å². The van der Waals surface area contributed by atoms with Gasteiger partial charge in [-0.05, 0) is 30.2 Å². The Labute approximate surface area is 157 Å². The van der Waals surface area contributed by atoms with Crippen molar-refractivity contribution in [1.82, 2.24) is 15.0 Å². The summed E-state index contributed by atoms with van der Waals surface area (Å²) >= 11 is 0. The second kappa shape index (κ2) is 7.00. The maximum absolute atomic E-state index is 9.28. The van der Waals surface area contributed by atoms with E-state index < -0.39 is 0 Å². The van der Waals surface area contributed by atoms with Crippen LogP contribution in [0.3, 0.4) is 0 Å². The fourth-order valence-corrected chi connectivity index (χ4v) is 3.03. The summed E-state index contributed by atoms with van der Waals surface area (Å²) in [4.78, 5) is 13.3. The third-order valence-electron chi connectivity index (χ3n) is 4.29. The Balaban J connectivity index is 1.85. The lowest BCUT2D eigenvalue weighted by Crippen LogP contribution is -1.93. The van der Waals surface area contributed by atoms with Crippen molar-refractivity contribution in [3.8, 4) is 28.7 Å². The van der Waals surface area contributed by atoms with E-state index in [0.29, 0.717) is 29.0 Å². The summed E-state index contributed by atoms with van der Waals surface area (Å²) in [6.07, 6.45) is 4.27. The van der Waals surface area contributed by atoms with E-state index in [0.717, 1.165) is 28.5 Å². The van der Waals surface area contributed by atoms with Crippen molar-refractivity contribution in [2.45, 2.75) is 20.3 Å². The average molecular weight is 354 g/mol. The first-order chi connectivity index (χ1) is 13.1. The lowest BCUT2D eigenvalue weighted by Gasteiger charge is -2.08. The highest BCUT2D eigenvalue weighted by Gasteiger charge is 2.16. The first kappa shape index (κ1) is 16.9. The topological polar surface area (TPSA) is 75.6 Å². The average Bonchev–Trinajstić information content (AvgIpc) is 3.14. The molecule has 0 saturated carbocycles. The van der Waals surface area contributed by atoms with Crippen molar-refractivity contribution >= 4 is 10.9 Å². The van der Waals surface area contributed by atoms with E-state index in [4.69, 9.17) is 4.42 Å². The minimum absolute atomic E-state index is 0.358. The van der Waals surface area contributed by atoms with Gasteiger partial charge < -0.3 is 4.42 Å². The predicted molar refractivity (Wildman–Crippen MR) is 104 cm³/mol. The van der Waals surface area contributed by atoms with Gasteiger partial charge in [0.25, 0.3) is 0 Å². The number of fused-ring (bicyclic) bond motifs is 1. The van der Waals surface area contributed by atoms with Crippen LogP contribution in [-0.4, -0.2) is 15.0 Å². The molecule has 0 radical (unpaired) electrons. The van der Waals surface area contributed by atoms with Gasteiger partial charge in [0.15, 0.2) is 11.7 Å². The molecule has 0 spiro atoms. The van der Waals surface area contributed by atoms with Crippen molar-refractivity contribution in [1.29, 1.82) is 5.26 Å². The van der Waals surface area contributed by atoms with Crippen molar-refractivity contribution in [3.05, 3.63) is 66.4 Å². The van der Waals surface area contributed by atoms with Crippen LogP contribution in [0.4, 0.5) is 0 Å². The molecule has 0 amide bonds. The first-order valence-electron chi connectivity index (χ1n) is 8.85. The van der Waals surface area contributed by atoms with Crippen LogP contribution < -0.4 is 0 Å². The Hall–Kier alpha value is -3.52. The molecule has 0 saturated heterocycles. The van der Waals surface area contributed by atoms with Gasteiger partial charge in [-0.25, -0.2) is 9.97 Å². The van der Waals surface area contributed by atoms with E-state index in [-0.39, 0.29) is 0 Å². The number of benzene rings is 1. The minimum Gasteiger partial charge on any atom is -0.441 e. The lowest BCUT2D eigenvalue weighted by atomic mass is 10.0. The molecule has 0 aliphatic heterocycles. The van der Waals surface area contributed by atoms with E-state index in [1.54, 1.807) is 18.5 Å². The van der Waals surface area contributed by atoms with Gasteiger partial charge in [0.2, 0.25) is 0 Å². The van der Waals surface area contributed by atoms with Crippen molar-refractivity contribution in [2.75, 3.05) is 0 Å². The van der Waals surface area contributed by atoms with Crippen LogP contribution in [0, 0.1) is 17.2 Å². The number of hydrogen-bond acceptors (Lipinski definition) is 5. The molecular formula is C22H18N4O. The van der Waals surface area contributed by atoms with Gasteiger partial charge >= 0.3 is 0 Å². The SMILES string of the molecule is CC(C)Cc1ncc(-c2ccc(C#N)nc2-c2ccc3cccnc3c2)o1. The molecule has 0 N–H and O–H groups in total. The number of nitriles is 1. The molecule has 0 aliphatic rings. The summed E-state index contributed by atoms with van der Waals surface area (Å²) in [5, 5.41) is 10.3. The van der Waals surface area contributed by atoms with E-state index in [9.17, 15) is 5.26 Å². The van der Waals surface area contributed by atoms with Crippen LogP contribution in [0.2, 0.25) is 0 Å². The fourth-order valence-electron chi connectivity index (χ4n) is 3.03. The second-order valence-corrected chi connectivity index (χ2v) is 6.83. The van der Waals surface area contributed by atoms with E-state index in [1.807, 2.05) is 36.4 Å². The quantitative estimate of drug-likeness (QED) is 0.514. The smallest absolute Gasteiger partial charge is 0.195 e. The maximum Gasteiger partial charge on any atom is 0.195 e. The Morgan fingerprint density at radius 3 is 2.81 bits per heavy atom. The fraction of sp³-hybridized carbons (Fsp3) is 0.182. The summed E-state index contributed by atoms with van der Waals surface area (Å²) in [6, 6.07) is 15.6. The number of aromatic nitrogens is 3. The van der Waals surface area contributed by atoms with E-state index >= 15 is 0 Å². The van der Waals surface area contributed by atoms with Crippen LogP contribution in [0.5, 0.6) is 0 Å².